The standard InChI is InChI=1S/C7H12BrNO2/c1-7(6(10)11-2)3-5(8)4-9-7/h5,9H,3-4H2,1-2H3/t5-,7-/m1/s1. The van der Waals surface area contributed by atoms with E-state index in [0.29, 0.717) is 4.83 Å². The monoisotopic (exact) mass is 221 g/mol. The van der Waals surface area contributed by atoms with E-state index in [-0.39, 0.29) is 5.97 Å². The molecule has 1 rings (SSSR count). The summed E-state index contributed by atoms with van der Waals surface area (Å²) >= 11 is 3.44. The first kappa shape index (κ1) is 9.00. The van der Waals surface area contributed by atoms with Gasteiger partial charge in [0.25, 0.3) is 0 Å². The number of hydrogen-bond acceptors (Lipinski definition) is 3. The van der Waals surface area contributed by atoms with E-state index in [0.717, 1.165) is 13.0 Å². The lowest BCUT2D eigenvalue weighted by atomic mass is 10.0. The topological polar surface area (TPSA) is 38.3 Å². The number of alkyl halides is 1. The first-order chi connectivity index (χ1) is 5.08. The van der Waals surface area contributed by atoms with Crippen LogP contribution in [0.3, 0.4) is 0 Å². The van der Waals surface area contributed by atoms with E-state index < -0.39 is 5.54 Å². The third kappa shape index (κ3) is 1.73. The van der Waals surface area contributed by atoms with Crippen LogP contribution < -0.4 is 5.32 Å². The Balaban J connectivity index is 2.61. The summed E-state index contributed by atoms with van der Waals surface area (Å²) in [4.78, 5) is 11.6. The highest BCUT2D eigenvalue weighted by Gasteiger charge is 2.40. The van der Waals surface area contributed by atoms with Gasteiger partial charge in [-0.3, -0.25) is 4.79 Å². The van der Waals surface area contributed by atoms with Gasteiger partial charge in [0, 0.05) is 11.4 Å². The Labute approximate surface area is 74.6 Å². The van der Waals surface area contributed by atoms with E-state index in [1.165, 1.54) is 7.11 Å². The van der Waals surface area contributed by atoms with Crippen LogP contribution in [0.5, 0.6) is 0 Å². The molecule has 0 unspecified atom stereocenters. The summed E-state index contributed by atoms with van der Waals surface area (Å²) in [7, 11) is 1.41. The number of rotatable bonds is 1. The summed E-state index contributed by atoms with van der Waals surface area (Å²) in [5, 5.41) is 3.11. The second-order valence-electron chi connectivity index (χ2n) is 3.01. The minimum Gasteiger partial charge on any atom is -0.468 e. The van der Waals surface area contributed by atoms with Gasteiger partial charge in [-0.25, -0.2) is 0 Å². The molecule has 3 nitrogen and oxygen atoms in total. The average Bonchev–Trinajstić information content (AvgIpc) is 2.31. The van der Waals surface area contributed by atoms with E-state index in [1.807, 2.05) is 6.92 Å². The summed E-state index contributed by atoms with van der Waals surface area (Å²) in [5.74, 6) is -0.181. The third-order valence-corrected chi connectivity index (χ3v) is 2.63. The molecule has 0 aromatic rings. The van der Waals surface area contributed by atoms with Crippen molar-refractivity contribution in [3.8, 4) is 0 Å². The van der Waals surface area contributed by atoms with Gasteiger partial charge in [0.05, 0.1) is 7.11 Å². The summed E-state index contributed by atoms with van der Waals surface area (Å²) in [6.07, 6.45) is 0.791. The van der Waals surface area contributed by atoms with Gasteiger partial charge < -0.3 is 10.1 Å². The molecule has 0 spiro atoms. The predicted molar refractivity (Wildman–Crippen MR) is 45.8 cm³/mol. The highest BCUT2D eigenvalue weighted by molar-refractivity contribution is 9.09. The SMILES string of the molecule is COC(=O)[C@@]1(C)C[C@@H](Br)CN1. The number of ether oxygens (including phenoxy) is 1. The number of carbonyl (C=O) groups excluding carboxylic acids is 1. The fourth-order valence-corrected chi connectivity index (χ4v) is 2.11. The average molecular weight is 222 g/mol. The normalized spacial score (nSPS) is 37.2. The molecule has 0 amide bonds. The van der Waals surface area contributed by atoms with Crippen LogP contribution >= 0.6 is 15.9 Å². The van der Waals surface area contributed by atoms with Crippen LogP contribution in [0.25, 0.3) is 0 Å². The van der Waals surface area contributed by atoms with Crippen LogP contribution in [0, 0.1) is 0 Å². The lowest BCUT2D eigenvalue weighted by Crippen LogP contribution is -2.45. The fraction of sp³-hybridized carbons (Fsp3) is 0.857. The van der Waals surface area contributed by atoms with Crippen molar-refractivity contribution in [2.45, 2.75) is 23.7 Å². The smallest absolute Gasteiger partial charge is 0.325 e. The zero-order chi connectivity index (χ0) is 8.48. The van der Waals surface area contributed by atoms with Crippen molar-refractivity contribution < 1.29 is 9.53 Å². The Morgan fingerprint density at radius 2 is 2.45 bits per heavy atom. The van der Waals surface area contributed by atoms with Gasteiger partial charge in [-0.1, -0.05) is 15.9 Å². The van der Waals surface area contributed by atoms with E-state index in [9.17, 15) is 4.79 Å². The van der Waals surface area contributed by atoms with Gasteiger partial charge in [-0.05, 0) is 13.3 Å². The number of hydrogen-bond donors (Lipinski definition) is 1. The second-order valence-corrected chi connectivity index (χ2v) is 4.30. The van der Waals surface area contributed by atoms with E-state index in [2.05, 4.69) is 26.0 Å². The summed E-state index contributed by atoms with van der Waals surface area (Å²) < 4.78 is 4.66. The molecule has 64 valence electrons. The Morgan fingerprint density at radius 3 is 2.82 bits per heavy atom. The quantitative estimate of drug-likeness (QED) is 0.523. The lowest BCUT2D eigenvalue weighted by Gasteiger charge is -2.20. The van der Waals surface area contributed by atoms with Crippen molar-refractivity contribution in [1.29, 1.82) is 0 Å². The molecule has 2 atom stereocenters. The minimum atomic E-state index is -0.483. The molecule has 1 aliphatic heterocycles. The van der Waals surface area contributed by atoms with Crippen molar-refractivity contribution in [2.24, 2.45) is 0 Å². The highest BCUT2D eigenvalue weighted by Crippen LogP contribution is 2.24. The van der Waals surface area contributed by atoms with Gasteiger partial charge >= 0.3 is 5.97 Å². The maximum Gasteiger partial charge on any atom is 0.325 e. The molecule has 0 saturated carbocycles. The van der Waals surface area contributed by atoms with Crippen LogP contribution in [0.1, 0.15) is 13.3 Å². The molecule has 1 N–H and O–H groups in total. The fourth-order valence-electron chi connectivity index (χ4n) is 1.30. The molecular formula is C7H12BrNO2. The predicted octanol–water partition coefficient (Wildman–Crippen LogP) is 0.675. The molecule has 0 aromatic carbocycles. The van der Waals surface area contributed by atoms with Crippen molar-refractivity contribution in [3.05, 3.63) is 0 Å². The maximum absolute atomic E-state index is 11.2. The first-order valence-corrected chi connectivity index (χ1v) is 4.47. The molecule has 1 heterocycles. The van der Waals surface area contributed by atoms with Gasteiger partial charge in [0.2, 0.25) is 0 Å². The lowest BCUT2D eigenvalue weighted by molar-refractivity contribution is -0.147. The van der Waals surface area contributed by atoms with Gasteiger partial charge in [-0.15, -0.1) is 0 Å². The summed E-state index contributed by atoms with van der Waals surface area (Å²) in [6, 6.07) is 0. The zero-order valence-corrected chi connectivity index (χ0v) is 8.27. The van der Waals surface area contributed by atoms with Crippen LogP contribution in [0.4, 0.5) is 0 Å². The Hall–Kier alpha value is -0.0900. The van der Waals surface area contributed by atoms with Gasteiger partial charge in [-0.2, -0.15) is 0 Å². The molecule has 1 saturated heterocycles. The van der Waals surface area contributed by atoms with Crippen molar-refractivity contribution >= 4 is 21.9 Å². The number of halogens is 1. The van der Waals surface area contributed by atoms with Crippen LogP contribution in [0.2, 0.25) is 0 Å². The van der Waals surface area contributed by atoms with E-state index in [4.69, 9.17) is 0 Å². The maximum atomic E-state index is 11.2. The first-order valence-electron chi connectivity index (χ1n) is 3.56. The van der Waals surface area contributed by atoms with Crippen LogP contribution in [-0.2, 0) is 9.53 Å². The molecule has 0 aliphatic carbocycles. The zero-order valence-electron chi connectivity index (χ0n) is 6.69. The molecule has 4 heteroatoms. The van der Waals surface area contributed by atoms with Crippen molar-refractivity contribution in [3.63, 3.8) is 0 Å². The van der Waals surface area contributed by atoms with Crippen molar-refractivity contribution in [1.82, 2.24) is 5.32 Å². The number of esters is 1. The minimum absolute atomic E-state index is 0.181. The molecule has 1 aliphatic rings. The molecule has 1 fully saturated rings. The largest absolute Gasteiger partial charge is 0.468 e. The summed E-state index contributed by atoms with van der Waals surface area (Å²) in [5.41, 5.74) is -0.483. The van der Waals surface area contributed by atoms with Crippen molar-refractivity contribution in [2.75, 3.05) is 13.7 Å². The molecular weight excluding hydrogens is 210 g/mol. The Kier molecular flexibility index (Phi) is 2.54. The Bertz CT molecular complexity index is 174. The number of carbonyl (C=O) groups is 1. The van der Waals surface area contributed by atoms with Gasteiger partial charge in [0.15, 0.2) is 0 Å². The second kappa shape index (κ2) is 3.11. The summed E-state index contributed by atoms with van der Waals surface area (Å²) in [6.45, 7) is 2.69. The van der Waals surface area contributed by atoms with Gasteiger partial charge in [0.1, 0.15) is 5.54 Å². The molecule has 11 heavy (non-hydrogen) atoms. The van der Waals surface area contributed by atoms with E-state index >= 15 is 0 Å². The molecule has 0 aromatic heterocycles. The molecule has 0 bridgehead atoms. The van der Waals surface area contributed by atoms with Crippen LogP contribution in [-0.4, -0.2) is 30.0 Å². The number of methoxy groups -OCH3 is 1. The number of nitrogens with one attached hydrogen (secondary N) is 1. The van der Waals surface area contributed by atoms with E-state index in [1.54, 1.807) is 0 Å². The Morgan fingerprint density at radius 1 is 1.82 bits per heavy atom. The highest BCUT2D eigenvalue weighted by atomic mass is 79.9. The molecule has 0 radical (unpaired) electrons. The third-order valence-electron chi connectivity index (χ3n) is 1.98. The van der Waals surface area contributed by atoms with Crippen LogP contribution in [0.15, 0.2) is 0 Å².